The maximum atomic E-state index is 4.00. The Labute approximate surface area is 70.0 Å². The minimum absolute atomic E-state index is 0.719. The molecule has 62 valence electrons. The molecule has 0 bridgehead atoms. The Balaban J connectivity index is 2.44. The summed E-state index contributed by atoms with van der Waals surface area (Å²) in [4.78, 5) is 0. The molecule has 0 unspecified atom stereocenters. The van der Waals surface area contributed by atoms with E-state index in [1.807, 2.05) is 0 Å². The van der Waals surface area contributed by atoms with E-state index in [1.165, 1.54) is 31.3 Å². The summed E-state index contributed by atoms with van der Waals surface area (Å²) < 4.78 is 0. The molecule has 0 aromatic carbocycles. The maximum Gasteiger partial charge on any atom is -0.0283 e. The van der Waals surface area contributed by atoms with Crippen LogP contribution in [0.25, 0.3) is 0 Å². The molecule has 0 amide bonds. The third kappa shape index (κ3) is 2.92. The van der Waals surface area contributed by atoms with Crippen LogP contribution in [0.1, 0.15) is 39.5 Å². The molecule has 0 nitrogen and oxygen atoms in total. The third-order valence-electron chi connectivity index (χ3n) is 2.17. The van der Waals surface area contributed by atoms with Gasteiger partial charge in [0.25, 0.3) is 0 Å². The lowest BCUT2D eigenvalue weighted by Crippen LogP contribution is -1.97. The highest BCUT2D eigenvalue weighted by molar-refractivity contribution is 5.14. The summed E-state index contributed by atoms with van der Waals surface area (Å²) in [5.41, 5.74) is 3.08. The van der Waals surface area contributed by atoms with Crippen LogP contribution in [0.3, 0.4) is 0 Å². The van der Waals surface area contributed by atoms with Gasteiger partial charge < -0.3 is 0 Å². The average Bonchev–Trinajstić information content (AvgIpc) is 1.93. The van der Waals surface area contributed by atoms with E-state index in [9.17, 15) is 0 Å². The predicted molar refractivity (Wildman–Crippen MR) is 50.5 cm³/mol. The summed E-state index contributed by atoms with van der Waals surface area (Å²) in [6.07, 6.45) is 7.37. The van der Waals surface area contributed by atoms with Crippen LogP contribution in [0, 0.1) is 5.92 Å². The Morgan fingerprint density at radius 1 is 1.18 bits per heavy atom. The van der Waals surface area contributed by atoms with Crippen molar-refractivity contribution in [1.82, 2.24) is 0 Å². The second kappa shape index (κ2) is 3.75. The monoisotopic (exact) mass is 150 g/mol. The van der Waals surface area contributed by atoms with E-state index in [-0.39, 0.29) is 0 Å². The maximum absolute atomic E-state index is 4.00. The zero-order valence-corrected chi connectivity index (χ0v) is 7.69. The van der Waals surface area contributed by atoms with Gasteiger partial charge in [0, 0.05) is 0 Å². The molecule has 1 saturated carbocycles. The van der Waals surface area contributed by atoms with Gasteiger partial charge in [-0.1, -0.05) is 37.6 Å². The number of hydrogen-bond donors (Lipinski definition) is 0. The molecule has 1 rings (SSSR count). The topological polar surface area (TPSA) is 0 Å². The second-order valence-corrected chi connectivity index (χ2v) is 3.82. The summed E-state index contributed by atoms with van der Waals surface area (Å²) >= 11 is 0. The van der Waals surface area contributed by atoms with E-state index in [2.05, 4.69) is 26.5 Å². The molecule has 11 heavy (non-hydrogen) atoms. The van der Waals surface area contributed by atoms with Crippen molar-refractivity contribution in [2.75, 3.05) is 0 Å². The number of rotatable bonds is 1. The van der Waals surface area contributed by atoms with Crippen molar-refractivity contribution < 1.29 is 0 Å². The summed E-state index contributed by atoms with van der Waals surface area (Å²) in [5.74, 6) is 0.719. The first-order chi connectivity index (χ1) is 5.18. The number of hydrogen-bond acceptors (Lipinski definition) is 0. The molecule has 0 aliphatic heterocycles. The lowest BCUT2D eigenvalue weighted by molar-refractivity contribution is 0.705. The predicted octanol–water partition coefficient (Wildman–Crippen LogP) is 3.70. The fraction of sp³-hybridized carbons (Fsp3) is 0.636. The fourth-order valence-corrected chi connectivity index (χ4v) is 1.56. The van der Waals surface area contributed by atoms with Crippen molar-refractivity contribution in [3.8, 4) is 0 Å². The molecule has 1 aliphatic carbocycles. The number of allylic oxidation sites excluding steroid dienone is 3. The van der Waals surface area contributed by atoms with E-state index in [4.69, 9.17) is 0 Å². The van der Waals surface area contributed by atoms with Crippen LogP contribution >= 0.6 is 0 Å². The van der Waals surface area contributed by atoms with Crippen LogP contribution in [0.2, 0.25) is 0 Å². The fourth-order valence-electron chi connectivity index (χ4n) is 1.56. The molecule has 0 radical (unpaired) electrons. The van der Waals surface area contributed by atoms with Gasteiger partial charge in [0.05, 0.1) is 0 Å². The van der Waals surface area contributed by atoms with Crippen LogP contribution in [-0.4, -0.2) is 0 Å². The molecular formula is C11H18. The molecular weight excluding hydrogens is 132 g/mol. The standard InChI is InChI=1S/C11H18/c1-9(2)8-11-6-4-10(3)5-7-11/h8-9H,3-7H2,1-2H3. The van der Waals surface area contributed by atoms with Crippen LogP contribution in [-0.2, 0) is 0 Å². The Morgan fingerprint density at radius 2 is 1.73 bits per heavy atom. The smallest absolute Gasteiger partial charge is 0.0283 e. The molecule has 0 N–H and O–H groups in total. The van der Waals surface area contributed by atoms with Gasteiger partial charge in [-0.2, -0.15) is 0 Å². The normalized spacial score (nSPS) is 19.2. The van der Waals surface area contributed by atoms with Crippen molar-refractivity contribution in [3.05, 3.63) is 23.8 Å². The average molecular weight is 150 g/mol. The second-order valence-electron chi connectivity index (χ2n) is 3.82. The quantitative estimate of drug-likeness (QED) is 0.500. The molecule has 0 spiro atoms. The Kier molecular flexibility index (Phi) is 2.92. The molecule has 0 aromatic heterocycles. The molecule has 0 heteroatoms. The third-order valence-corrected chi connectivity index (χ3v) is 2.17. The molecule has 0 saturated heterocycles. The molecule has 0 atom stereocenters. The van der Waals surface area contributed by atoms with E-state index in [1.54, 1.807) is 5.57 Å². The van der Waals surface area contributed by atoms with Crippen molar-refractivity contribution in [1.29, 1.82) is 0 Å². The van der Waals surface area contributed by atoms with Crippen molar-refractivity contribution in [2.24, 2.45) is 5.92 Å². The van der Waals surface area contributed by atoms with E-state index in [0.29, 0.717) is 0 Å². The van der Waals surface area contributed by atoms with Crippen LogP contribution in [0.4, 0.5) is 0 Å². The minimum Gasteiger partial charge on any atom is -0.0998 e. The van der Waals surface area contributed by atoms with E-state index >= 15 is 0 Å². The Bertz CT molecular complexity index is 160. The van der Waals surface area contributed by atoms with Gasteiger partial charge in [-0.05, 0) is 31.6 Å². The minimum atomic E-state index is 0.719. The summed E-state index contributed by atoms with van der Waals surface area (Å²) in [7, 11) is 0. The summed E-state index contributed by atoms with van der Waals surface area (Å²) in [6.45, 7) is 8.49. The Morgan fingerprint density at radius 3 is 2.18 bits per heavy atom. The highest BCUT2D eigenvalue weighted by atomic mass is 14.1. The van der Waals surface area contributed by atoms with Gasteiger partial charge in [0.1, 0.15) is 0 Å². The van der Waals surface area contributed by atoms with Crippen molar-refractivity contribution in [2.45, 2.75) is 39.5 Å². The Hall–Kier alpha value is -0.520. The molecule has 0 heterocycles. The SMILES string of the molecule is C=C1CCC(=CC(C)C)CC1. The zero-order valence-electron chi connectivity index (χ0n) is 7.69. The first-order valence-corrected chi connectivity index (χ1v) is 4.54. The highest BCUT2D eigenvalue weighted by Gasteiger charge is 2.07. The van der Waals surface area contributed by atoms with Gasteiger partial charge in [-0.25, -0.2) is 0 Å². The largest absolute Gasteiger partial charge is 0.0998 e. The first kappa shape index (κ1) is 8.58. The van der Waals surface area contributed by atoms with Crippen molar-refractivity contribution in [3.63, 3.8) is 0 Å². The summed E-state index contributed by atoms with van der Waals surface area (Å²) in [5, 5.41) is 0. The molecule has 0 aromatic rings. The molecule has 1 aliphatic rings. The van der Waals surface area contributed by atoms with Gasteiger partial charge in [0.15, 0.2) is 0 Å². The lowest BCUT2D eigenvalue weighted by atomic mass is 9.90. The lowest BCUT2D eigenvalue weighted by Gasteiger charge is -2.16. The van der Waals surface area contributed by atoms with Gasteiger partial charge in [0.2, 0.25) is 0 Å². The van der Waals surface area contributed by atoms with E-state index in [0.717, 1.165) is 5.92 Å². The zero-order chi connectivity index (χ0) is 8.27. The van der Waals surface area contributed by atoms with Gasteiger partial charge in [-0.15, -0.1) is 0 Å². The van der Waals surface area contributed by atoms with Crippen LogP contribution in [0.15, 0.2) is 23.8 Å². The van der Waals surface area contributed by atoms with Crippen LogP contribution in [0.5, 0.6) is 0 Å². The van der Waals surface area contributed by atoms with Crippen molar-refractivity contribution >= 4 is 0 Å². The highest BCUT2D eigenvalue weighted by Crippen LogP contribution is 2.26. The summed E-state index contributed by atoms with van der Waals surface area (Å²) in [6, 6.07) is 0. The van der Waals surface area contributed by atoms with Gasteiger partial charge in [-0.3, -0.25) is 0 Å². The van der Waals surface area contributed by atoms with Crippen LogP contribution < -0.4 is 0 Å². The molecule has 1 fully saturated rings. The van der Waals surface area contributed by atoms with E-state index < -0.39 is 0 Å². The van der Waals surface area contributed by atoms with Gasteiger partial charge >= 0.3 is 0 Å². The first-order valence-electron chi connectivity index (χ1n) is 4.54.